The van der Waals surface area contributed by atoms with Gasteiger partial charge in [-0.1, -0.05) is 35.5 Å². The number of unbranched alkanes of at least 4 members (excludes halogenated alkanes) is 1. The van der Waals surface area contributed by atoms with E-state index in [1.165, 1.54) is 18.0 Å². The molecule has 1 aromatic carbocycles. The number of aromatic nitrogens is 3. The van der Waals surface area contributed by atoms with Gasteiger partial charge in [-0.3, -0.25) is 0 Å². The van der Waals surface area contributed by atoms with E-state index in [2.05, 4.69) is 26.3 Å². The Balaban J connectivity index is 1.89. The Hall–Kier alpha value is -4.23. The maximum Gasteiger partial charge on any atom is 0.407 e. The lowest BCUT2D eigenvalue weighted by molar-refractivity contribution is -0.157. The largest absolute Gasteiger partial charge is 0.467 e. The number of benzene rings is 1. The van der Waals surface area contributed by atoms with Crippen LogP contribution in [0.3, 0.4) is 0 Å². The number of alkyl halides is 1. The molecular formula is C27H39FN6O7. The molecule has 1 heterocycles. The van der Waals surface area contributed by atoms with Gasteiger partial charge in [-0.15, -0.1) is 5.10 Å². The molecule has 0 spiro atoms. The van der Waals surface area contributed by atoms with E-state index in [0.717, 1.165) is 5.56 Å². The maximum absolute atomic E-state index is 12.8. The number of carbonyl (C=O) groups excluding carboxylic acids is 4. The van der Waals surface area contributed by atoms with Crippen molar-refractivity contribution in [2.75, 3.05) is 20.3 Å². The molecule has 0 saturated heterocycles. The smallest absolute Gasteiger partial charge is 0.407 e. The third-order valence-electron chi connectivity index (χ3n) is 5.50. The fraction of sp³-hybridized carbons (Fsp3) is 0.556. The molecule has 3 N–H and O–H groups in total. The van der Waals surface area contributed by atoms with Crippen molar-refractivity contribution in [3.05, 3.63) is 47.8 Å². The SMILES string of the molecule is COC(=O)[C@H](Cc1cn(CCF)nn1)NC(=O)NC(CCCCNC(=O)OCc1ccccc1)C(=O)OC(C)(C)C. The highest BCUT2D eigenvalue weighted by Gasteiger charge is 2.29. The summed E-state index contributed by atoms with van der Waals surface area (Å²) in [7, 11) is 1.17. The molecule has 226 valence electrons. The second kappa shape index (κ2) is 16.8. The highest BCUT2D eigenvalue weighted by atomic mass is 19.1. The molecule has 0 aliphatic heterocycles. The summed E-state index contributed by atoms with van der Waals surface area (Å²) in [5.74, 6) is -1.38. The van der Waals surface area contributed by atoms with Crippen LogP contribution in [0, 0.1) is 0 Å². The van der Waals surface area contributed by atoms with Crippen LogP contribution in [0.5, 0.6) is 0 Å². The monoisotopic (exact) mass is 578 g/mol. The lowest BCUT2D eigenvalue weighted by atomic mass is 10.1. The Morgan fingerprint density at radius 3 is 2.39 bits per heavy atom. The quantitative estimate of drug-likeness (QED) is 0.164. The van der Waals surface area contributed by atoms with Crippen molar-refractivity contribution in [3.63, 3.8) is 0 Å². The topological polar surface area (TPSA) is 163 Å². The molecule has 2 aromatic rings. The number of nitrogens with zero attached hydrogens (tertiary/aromatic N) is 3. The second-order valence-corrected chi connectivity index (χ2v) is 10.1. The third kappa shape index (κ3) is 13.1. The molecule has 2 rings (SSSR count). The number of amides is 3. The van der Waals surface area contributed by atoms with Gasteiger partial charge in [-0.2, -0.15) is 0 Å². The Kier molecular flexibility index (Phi) is 13.5. The van der Waals surface area contributed by atoms with E-state index in [4.69, 9.17) is 14.2 Å². The van der Waals surface area contributed by atoms with Gasteiger partial charge in [-0.25, -0.2) is 28.3 Å². The number of hydrogen-bond acceptors (Lipinski definition) is 9. The molecule has 3 amide bonds. The third-order valence-corrected chi connectivity index (χ3v) is 5.50. The van der Waals surface area contributed by atoms with Gasteiger partial charge in [0.1, 0.15) is 31.0 Å². The molecule has 1 unspecified atom stereocenters. The summed E-state index contributed by atoms with van der Waals surface area (Å²) in [5.41, 5.74) is 0.412. The first-order valence-corrected chi connectivity index (χ1v) is 13.3. The van der Waals surface area contributed by atoms with Crippen molar-refractivity contribution in [3.8, 4) is 0 Å². The molecule has 14 heteroatoms. The van der Waals surface area contributed by atoms with Crippen molar-refractivity contribution in [1.82, 2.24) is 30.9 Å². The van der Waals surface area contributed by atoms with E-state index in [-0.39, 0.29) is 26.0 Å². The standard InChI is InChI=1S/C27H39FN6O7/c1-27(2,3)41-24(36)21(12-8-9-14-29-26(38)40-18-19-10-6-5-7-11-19)30-25(37)31-22(23(35)39-4)16-20-17-34(15-13-28)33-32-20/h5-7,10-11,17,21-22H,8-9,12-16,18H2,1-4H3,(H,29,38)(H2,30,31,37)/t21?,22-/m0/s1. The van der Waals surface area contributed by atoms with Crippen LogP contribution in [0.4, 0.5) is 14.0 Å². The van der Waals surface area contributed by atoms with Crippen LogP contribution in [0.1, 0.15) is 51.3 Å². The molecule has 0 aliphatic rings. The van der Waals surface area contributed by atoms with Crippen LogP contribution in [0.25, 0.3) is 0 Å². The number of esters is 2. The zero-order chi connectivity index (χ0) is 30.3. The highest BCUT2D eigenvalue weighted by molar-refractivity contribution is 5.87. The van der Waals surface area contributed by atoms with Crippen LogP contribution in [0.2, 0.25) is 0 Å². The molecule has 41 heavy (non-hydrogen) atoms. The summed E-state index contributed by atoms with van der Waals surface area (Å²) >= 11 is 0. The summed E-state index contributed by atoms with van der Waals surface area (Å²) in [5, 5.41) is 15.3. The van der Waals surface area contributed by atoms with Crippen LogP contribution in [-0.2, 0) is 43.4 Å². The predicted octanol–water partition coefficient (Wildman–Crippen LogP) is 2.44. The number of rotatable bonds is 15. The summed E-state index contributed by atoms with van der Waals surface area (Å²) in [4.78, 5) is 49.9. The molecule has 0 saturated carbocycles. The maximum atomic E-state index is 12.8. The Morgan fingerprint density at radius 1 is 1.02 bits per heavy atom. The van der Waals surface area contributed by atoms with Gasteiger partial charge >= 0.3 is 24.1 Å². The van der Waals surface area contributed by atoms with Crippen LogP contribution < -0.4 is 16.0 Å². The first kappa shape index (κ1) is 33.0. The number of methoxy groups -OCH3 is 1. The Morgan fingerprint density at radius 2 is 1.73 bits per heavy atom. The summed E-state index contributed by atoms with van der Waals surface area (Å²) < 4.78 is 29.2. The van der Waals surface area contributed by atoms with Gasteiger partial charge in [0.05, 0.1) is 19.3 Å². The van der Waals surface area contributed by atoms with E-state index in [1.54, 1.807) is 20.8 Å². The van der Waals surface area contributed by atoms with Crippen molar-refractivity contribution in [1.29, 1.82) is 0 Å². The van der Waals surface area contributed by atoms with Gasteiger partial charge in [0.2, 0.25) is 0 Å². The molecule has 0 radical (unpaired) electrons. The van der Waals surface area contributed by atoms with Gasteiger partial charge < -0.3 is 30.2 Å². The van der Waals surface area contributed by atoms with E-state index in [1.807, 2.05) is 30.3 Å². The van der Waals surface area contributed by atoms with E-state index in [0.29, 0.717) is 25.1 Å². The van der Waals surface area contributed by atoms with Crippen molar-refractivity contribution >= 4 is 24.1 Å². The number of ether oxygens (including phenoxy) is 3. The first-order chi connectivity index (χ1) is 19.5. The second-order valence-electron chi connectivity index (χ2n) is 10.1. The van der Waals surface area contributed by atoms with Gasteiger partial charge in [0, 0.05) is 19.2 Å². The minimum atomic E-state index is -1.14. The highest BCUT2D eigenvalue weighted by Crippen LogP contribution is 2.12. The molecule has 1 aromatic heterocycles. The van der Waals surface area contributed by atoms with Gasteiger partial charge in [-0.05, 0) is 45.6 Å². The fourth-order valence-corrected chi connectivity index (χ4v) is 3.59. The van der Waals surface area contributed by atoms with Crippen molar-refractivity contribution in [2.45, 2.75) is 77.3 Å². The number of urea groups is 1. The summed E-state index contributed by atoms with van der Waals surface area (Å²) in [6, 6.07) is 6.31. The molecule has 0 fully saturated rings. The summed E-state index contributed by atoms with van der Waals surface area (Å²) in [6.07, 6.45) is 2.01. The van der Waals surface area contributed by atoms with E-state index >= 15 is 0 Å². The number of halogens is 1. The number of hydrogen-bond donors (Lipinski definition) is 3. The minimum absolute atomic E-state index is 0.00572. The summed E-state index contributed by atoms with van der Waals surface area (Å²) in [6.45, 7) is 4.93. The van der Waals surface area contributed by atoms with E-state index in [9.17, 15) is 23.6 Å². The average molecular weight is 579 g/mol. The Labute approximate surface area is 238 Å². The molecule has 2 atom stereocenters. The molecule has 0 aliphatic carbocycles. The van der Waals surface area contributed by atoms with Crippen molar-refractivity contribution in [2.24, 2.45) is 0 Å². The number of aryl methyl sites for hydroxylation is 1. The lowest BCUT2D eigenvalue weighted by Gasteiger charge is -2.25. The number of carbonyl (C=O) groups is 4. The fourth-order valence-electron chi connectivity index (χ4n) is 3.59. The van der Waals surface area contributed by atoms with Crippen LogP contribution in [0.15, 0.2) is 36.5 Å². The zero-order valence-electron chi connectivity index (χ0n) is 23.9. The molecule has 0 bridgehead atoms. The van der Waals surface area contributed by atoms with Crippen molar-refractivity contribution < 1.29 is 37.8 Å². The Bertz CT molecular complexity index is 1120. The zero-order valence-corrected chi connectivity index (χ0v) is 23.9. The average Bonchev–Trinajstić information content (AvgIpc) is 3.36. The lowest BCUT2D eigenvalue weighted by Crippen LogP contribution is -2.53. The molecular weight excluding hydrogens is 539 g/mol. The molecule has 13 nitrogen and oxygen atoms in total. The van der Waals surface area contributed by atoms with Crippen LogP contribution >= 0.6 is 0 Å². The van der Waals surface area contributed by atoms with Gasteiger partial charge in [0.25, 0.3) is 0 Å². The van der Waals surface area contributed by atoms with Crippen LogP contribution in [-0.4, -0.2) is 77.1 Å². The normalized spacial score (nSPS) is 12.5. The number of alkyl carbamates (subject to hydrolysis) is 1. The minimum Gasteiger partial charge on any atom is -0.467 e. The van der Waals surface area contributed by atoms with Gasteiger partial charge in [0.15, 0.2) is 0 Å². The predicted molar refractivity (Wildman–Crippen MR) is 145 cm³/mol. The van der Waals surface area contributed by atoms with E-state index < -0.39 is 48.4 Å². The first-order valence-electron chi connectivity index (χ1n) is 13.3. The number of nitrogens with one attached hydrogen (secondary N) is 3.